The van der Waals surface area contributed by atoms with Gasteiger partial charge < -0.3 is 10.1 Å². The molecule has 1 aromatic rings. The van der Waals surface area contributed by atoms with Crippen molar-refractivity contribution in [1.29, 1.82) is 0 Å². The van der Waals surface area contributed by atoms with E-state index in [1.165, 1.54) is 39.2 Å². The summed E-state index contributed by atoms with van der Waals surface area (Å²) in [6.07, 6.45) is -0.0162. The van der Waals surface area contributed by atoms with Gasteiger partial charge in [0.15, 0.2) is 6.10 Å². The third-order valence-electron chi connectivity index (χ3n) is 3.48. The minimum atomic E-state index is -3.59. The van der Waals surface area contributed by atoms with Crippen molar-refractivity contribution in [2.24, 2.45) is 5.92 Å². The van der Waals surface area contributed by atoms with Crippen molar-refractivity contribution in [1.82, 2.24) is 4.31 Å². The van der Waals surface area contributed by atoms with Gasteiger partial charge in [-0.25, -0.2) is 12.7 Å². The molecular weight excluding hydrogens is 344 g/mol. The number of benzene rings is 1. The molecule has 0 aliphatic heterocycles. The Morgan fingerprint density at radius 3 is 2.40 bits per heavy atom. The highest BCUT2D eigenvalue weighted by Gasteiger charge is 2.20. The number of ether oxygens (including phenoxy) is 1. The van der Waals surface area contributed by atoms with Crippen LogP contribution in [0.25, 0.3) is 0 Å². The molecule has 0 spiro atoms. The first-order valence-electron chi connectivity index (χ1n) is 8.07. The Labute approximate surface area is 149 Å². The molecule has 1 atom stereocenters. The van der Waals surface area contributed by atoms with Crippen molar-refractivity contribution in [2.45, 2.75) is 44.6 Å². The monoisotopic (exact) mass is 370 g/mol. The van der Waals surface area contributed by atoms with E-state index >= 15 is 0 Å². The molecule has 1 amide bonds. The van der Waals surface area contributed by atoms with E-state index in [1.807, 2.05) is 13.8 Å². The van der Waals surface area contributed by atoms with E-state index in [2.05, 4.69) is 5.32 Å². The summed E-state index contributed by atoms with van der Waals surface area (Å²) in [5.41, 5.74) is 0.318. The van der Waals surface area contributed by atoms with Gasteiger partial charge >= 0.3 is 5.97 Å². The lowest BCUT2D eigenvalue weighted by Gasteiger charge is -2.15. The summed E-state index contributed by atoms with van der Waals surface area (Å²) in [4.78, 5) is 23.9. The van der Waals surface area contributed by atoms with Crippen LogP contribution in [0.15, 0.2) is 29.2 Å². The number of rotatable bonds is 8. The molecule has 140 valence electrons. The number of hydrogen-bond donors (Lipinski definition) is 1. The molecule has 8 heteroatoms. The number of esters is 1. The molecule has 0 aromatic heterocycles. The normalized spacial score (nSPS) is 12.9. The average molecular weight is 370 g/mol. The van der Waals surface area contributed by atoms with E-state index in [1.54, 1.807) is 6.07 Å². The zero-order chi connectivity index (χ0) is 19.2. The molecule has 1 N–H and O–H groups in total. The van der Waals surface area contributed by atoms with Crippen LogP contribution in [0.1, 0.15) is 33.6 Å². The van der Waals surface area contributed by atoms with E-state index in [9.17, 15) is 18.0 Å². The summed E-state index contributed by atoms with van der Waals surface area (Å²) < 4.78 is 30.4. The van der Waals surface area contributed by atoms with Gasteiger partial charge in [-0.05, 0) is 37.5 Å². The fourth-order valence-corrected chi connectivity index (χ4v) is 2.85. The number of sulfonamides is 1. The molecule has 0 fully saturated rings. The van der Waals surface area contributed by atoms with Gasteiger partial charge in [0.25, 0.3) is 5.91 Å². The fourth-order valence-electron chi connectivity index (χ4n) is 1.91. The molecule has 7 nitrogen and oxygen atoms in total. The summed E-state index contributed by atoms with van der Waals surface area (Å²) in [6, 6.07) is 5.91. The number of hydrogen-bond acceptors (Lipinski definition) is 5. The second-order valence-electron chi connectivity index (χ2n) is 6.37. The predicted octanol–water partition coefficient (Wildman–Crippen LogP) is 2.24. The molecule has 0 heterocycles. The first kappa shape index (κ1) is 21.1. The van der Waals surface area contributed by atoms with Crippen LogP contribution in [0.2, 0.25) is 0 Å². The van der Waals surface area contributed by atoms with Gasteiger partial charge in [-0.15, -0.1) is 0 Å². The van der Waals surface area contributed by atoms with Crippen molar-refractivity contribution in [3.8, 4) is 0 Å². The lowest BCUT2D eigenvalue weighted by Crippen LogP contribution is -2.30. The lowest BCUT2D eigenvalue weighted by molar-refractivity contribution is -0.153. The Bertz CT molecular complexity index is 714. The first-order valence-corrected chi connectivity index (χ1v) is 9.51. The van der Waals surface area contributed by atoms with Crippen LogP contribution in [0.3, 0.4) is 0 Å². The summed E-state index contributed by atoms with van der Waals surface area (Å²) in [7, 11) is -0.734. The highest BCUT2D eigenvalue weighted by Crippen LogP contribution is 2.18. The first-order chi connectivity index (χ1) is 11.5. The molecule has 0 radical (unpaired) electrons. The molecule has 0 saturated heterocycles. The van der Waals surface area contributed by atoms with Gasteiger partial charge in [-0.3, -0.25) is 9.59 Å². The molecule has 0 saturated carbocycles. The summed E-state index contributed by atoms with van der Waals surface area (Å²) in [5, 5.41) is 2.56. The van der Waals surface area contributed by atoms with Crippen LogP contribution in [-0.4, -0.2) is 44.8 Å². The van der Waals surface area contributed by atoms with Crippen molar-refractivity contribution in [2.75, 3.05) is 19.4 Å². The molecular formula is C17H26N2O5S. The molecule has 0 bridgehead atoms. The van der Waals surface area contributed by atoms with Crippen LogP contribution in [-0.2, 0) is 24.3 Å². The summed E-state index contributed by atoms with van der Waals surface area (Å²) in [6.45, 7) is 5.47. The topological polar surface area (TPSA) is 92.8 Å². The number of anilines is 1. The third-order valence-corrected chi connectivity index (χ3v) is 5.29. The predicted molar refractivity (Wildman–Crippen MR) is 95.6 cm³/mol. The van der Waals surface area contributed by atoms with E-state index in [-0.39, 0.29) is 11.3 Å². The number of nitrogens with zero attached hydrogens (tertiary/aromatic N) is 1. The summed E-state index contributed by atoms with van der Waals surface area (Å²) in [5.74, 6) is -0.573. The van der Waals surface area contributed by atoms with Crippen molar-refractivity contribution in [3.05, 3.63) is 24.3 Å². The van der Waals surface area contributed by atoms with Crippen LogP contribution in [0.5, 0.6) is 0 Å². The maximum Gasteiger partial charge on any atom is 0.306 e. The highest BCUT2D eigenvalue weighted by molar-refractivity contribution is 7.89. The van der Waals surface area contributed by atoms with Gasteiger partial charge in [-0.1, -0.05) is 19.9 Å². The Morgan fingerprint density at radius 1 is 1.20 bits per heavy atom. The zero-order valence-corrected chi connectivity index (χ0v) is 16.1. The van der Waals surface area contributed by atoms with Crippen LogP contribution in [0.4, 0.5) is 5.69 Å². The summed E-state index contributed by atoms with van der Waals surface area (Å²) >= 11 is 0. The standard InChI is InChI=1S/C17H26N2O5S/c1-12(2)9-10-16(20)24-13(3)17(21)18-14-7-6-8-15(11-14)25(22,23)19(4)5/h6-8,11-13H,9-10H2,1-5H3,(H,18,21)/t13-/m0/s1. The van der Waals surface area contributed by atoms with Gasteiger partial charge in [0.1, 0.15) is 0 Å². The Morgan fingerprint density at radius 2 is 1.84 bits per heavy atom. The van der Waals surface area contributed by atoms with E-state index < -0.39 is 28.0 Å². The van der Waals surface area contributed by atoms with Gasteiger partial charge in [0.05, 0.1) is 4.90 Å². The van der Waals surface area contributed by atoms with E-state index in [0.717, 1.165) is 4.31 Å². The zero-order valence-electron chi connectivity index (χ0n) is 15.3. The van der Waals surface area contributed by atoms with Gasteiger partial charge in [0.2, 0.25) is 10.0 Å². The number of carbonyl (C=O) groups excluding carboxylic acids is 2. The molecule has 1 rings (SSSR count). The molecule has 0 aliphatic carbocycles. The van der Waals surface area contributed by atoms with E-state index in [0.29, 0.717) is 18.0 Å². The van der Waals surface area contributed by atoms with Crippen LogP contribution < -0.4 is 5.32 Å². The minimum absolute atomic E-state index is 0.0666. The maximum absolute atomic E-state index is 12.1. The molecule has 25 heavy (non-hydrogen) atoms. The average Bonchev–Trinajstić information content (AvgIpc) is 2.52. The highest BCUT2D eigenvalue weighted by atomic mass is 32.2. The van der Waals surface area contributed by atoms with Gasteiger partial charge in [0, 0.05) is 26.2 Å². The minimum Gasteiger partial charge on any atom is -0.453 e. The maximum atomic E-state index is 12.1. The van der Waals surface area contributed by atoms with Crippen molar-refractivity contribution < 1.29 is 22.7 Å². The molecule has 0 aliphatic rings. The fraction of sp³-hybridized carbons (Fsp3) is 0.529. The largest absolute Gasteiger partial charge is 0.453 e. The Hall–Kier alpha value is -1.93. The van der Waals surface area contributed by atoms with Crippen LogP contribution in [0, 0.1) is 5.92 Å². The second kappa shape index (κ2) is 8.96. The number of nitrogens with one attached hydrogen (secondary N) is 1. The SMILES string of the molecule is CC(C)CCC(=O)O[C@@H](C)C(=O)Nc1cccc(S(=O)(=O)N(C)C)c1. The van der Waals surface area contributed by atoms with Crippen molar-refractivity contribution >= 4 is 27.6 Å². The smallest absolute Gasteiger partial charge is 0.306 e. The Kier molecular flexibility index (Phi) is 7.57. The Balaban J connectivity index is 2.73. The van der Waals surface area contributed by atoms with Crippen molar-refractivity contribution in [3.63, 3.8) is 0 Å². The quantitative estimate of drug-likeness (QED) is 0.709. The van der Waals surface area contributed by atoms with E-state index in [4.69, 9.17) is 4.74 Å². The van der Waals surface area contributed by atoms with Crippen LogP contribution >= 0.6 is 0 Å². The number of amides is 1. The second-order valence-corrected chi connectivity index (χ2v) is 8.52. The molecule has 1 aromatic carbocycles. The van der Waals surface area contributed by atoms with Gasteiger partial charge in [-0.2, -0.15) is 0 Å². The third kappa shape index (κ3) is 6.47. The lowest BCUT2D eigenvalue weighted by atomic mass is 10.1. The number of carbonyl (C=O) groups is 2. The molecule has 0 unspecified atom stereocenters.